The van der Waals surface area contributed by atoms with Gasteiger partial charge in [-0.25, -0.2) is 0 Å². The van der Waals surface area contributed by atoms with Gasteiger partial charge in [-0.15, -0.1) is 0 Å². The largest absolute Gasteiger partial charge is 0.480 e. The molecule has 11 heteroatoms. The van der Waals surface area contributed by atoms with Crippen LogP contribution in [0.15, 0.2) is 11.6 Å². The molecule has 0 aliphatic carbocycles. The maximum Gasteiger partial charge on any atom is 0.317 e. The minimum Gasteiger partial charge on any atom is -0.480 e. The van der Waals surface area contributed by atoms with Crippen molar-refractivity contribution in [1.29, 1.82) is 5.41 Å². The minimum atomic E-state index is -0.937. The smallest absolute Gasteiger partial charge is 0.317 e. The van der Waals surface area contributed by atoms with Crippen molar-refractivity contribution in [2.45, 2.75) is 18.9 Å². The lowest BCUT2D eigenvalue weighted by Gasteiger charge is -2.40. The first-order valence-electron chi connectivity index (χ1n) is 9.58. The number of amides is 1. The lowest BCUT2D eigenvalue weighted by Crippen LogP contribution is -2.58. The van der Waals surface area contributed by atoms with Crippen molar-refractivity contribution in [3.05, 3.63) is 11.6 Å². The predicted octanol–water partition coefficient (Wildman–Crippen LogP) is -1.74. The van der Waals surface area contributed by atoms with Gasteiger partial charge in [0.05, 0.1) is 32.7 Å². The summed E-state index contributed by atoms with van der Waals surface area (Å²) in [5, 5.41) is 19.5. The molecule has 11 nitrogen and oxygen atoms in total. The highest BCUT2D eigenvalue weighted by Gasteiger charge is 2.32. The summed E-state index contributed by atoms with van der Waals surface area (Å²) < 4.78 is 4.72. The molecular weight excluding hydrogens is 380 g/mol. The molecule has 2 aliphatic rings. The molecule has 0 bridgehead atoms. The molecule has 2 rings (SSSR count). The van der Waals surface area contributed by atoms with E-state index >= 15 is 0 Å². The average molecular weight is 410 g/mol. The molecule has 1 saturated heterocycles. The lowest BCUT2D eigenvalue weighted by molar-refractivity contribution is -0.145. The highest BCUT2D eigenvalue weighted by molar-refractivity contribution is 5.80. The number of esters is 1. The van der Waals surface area contributed by atoms with E-state index in [4.69, 9.17) is 21.0 Å². The predicted molar refractivity (Wildman–Crippen MR) is 105 cm³/mol. The molecule has 29 heavy (non-hydrogen) atoms. The summed E-state index contributed by atoms with van der Waals surface area (Å²) >= 11 is 0. The second-order valence-electron chi connectivity index (χ2n) is 7.20. The Morgan fingerprint density at radius 1 is 1.38 bits per heavy atom. The molecule has 2 aliphatic heterocycles. The summed E-state index contributed by atoms with van der Waals surface area (Å²) in [6.07, 6.45) is 2.83. The maximum absolute atomic E-state index is 12.7. The first-order chi connectivity index (χ1) is 13.8. The van der Waals surface area contributed by atoms with E-state index < -0.39 is 18.0 Å². The van der Waals surface area contributed by atoms with Gasteiger partial charge in [-0.05, 0) is 13.0 Å². The van der Waals surface area contributed by atoms with Crippen molar-refractivity contribution < 1.29 is 24.2 Å². The summed E-state index contributed by atoms with van der Waals surface area (Å²) in [6, 6.07) is -0.411. The molecule has 1 unspecified atom stereocenters. The fourth-order valence-corrected chi connectivity index (χ4v) is 3.56. The van der Waals surface area contributed by atoms with Gasteiger partial charge in [-0.2, -0.15) is 0 Å². The number of carboxylic acid groups (broad SMARTS) is 1. The zero-order valence-corrected chi connectivity index (χ0v) is 16.7. The molecule has 0 aromatic carbocycles. The van der Waals surface area contributed by atoms with Crippen LogP contribution in [0.4, 0.5) is 0 Å². The third-order valence-corrected chi connectivity index (χ3v) is 5.11. The molecule has 0 aromatic heterocycles. The first kappa shape index (κ1) is 22.6. The Morgan fingerprint density at radius 3 is 2.76 bits per heavy atom. The number of carbonyl (C=O) groups is 3. The van der Waals surface area contributed by atoms with Gasteiger partial charge in [0.15, 0.2) is 5.96 Å². The Balaban J connectivity index is 1.80. The molecule has 0 spiro atoms. The Morgan fingerprint density at radius 2 is 2.14 bits per heavy atom. The van der Waals surface area contributed by atoms with E-state index in [1.165, 1.54) is 12.7 Å². The van der Waals surface area contributed by atoms with Gasteiger partial charge in [0.1, 0.15) is 0 Å². The van der Waals surface area contributed by atoms with Gasteiger partial charge in [-0.3, -0.25) is 24.7 Å². The molecule has 1 fully saturated rings. The fraction of sp³-hybridized carbons (Fsp3) is 0.667. The number of carbonyl (C=O) groups excluding carboxylic acids is 2. The third-order valence-electron chi connectivity index (χ3n) is 5.11. The zero-order valence-electron chi connectivity index (χ0n) is 16.7. The summed E-state index contributed by atoms with van der Waals surface area (Å²) in [6.45, 7) is 3.05. The van der Waals surface area contributed by atoms with E-state index in [1.54, 1.807) is 14.7 Å². The van der Waals surface area contributed by atoms with Crippen LogP contribution in [-0.4, -0.2) is 109 Å². The van der Waals surface area contributed by atoms with Crippen molar-refractivity contribution in [2.24, 2.45) is 5.73 Å². The number of carboxylic acids is 1. The van der Waals surface area contributed by atoms with Crippen LogP contribution >= 0.6 is 0 Å². The van der Waals surface area contributed by atoms with Crippen molar-refractivity contribution in [3.63, 3.8) is 0 Å². The fourth-order valence-electron chi connectivity index (χ4n) is 3.56. The SMILES string of the molecule is COC(=O)CC1CN(CC(=O)O)CCN1C(=O)CNCCC1=CCN(C(=N)N)C1. The van der Waals surface area contributed by atoms with Gasteiger partial charge in [0.2, 0.25) is 5.91 Å². The Labute approximate surface area is 169 Å². The van der Waals surface area contributed by atoms with Crippen LogP contribution < -0.4 is 11.1 Å². The highest BCUT2D eigenvalue weighted by Crippen LogP contribution is 2.14. The van der Waals surface area contributed by atoms with Crippen LogP contribution in [-0.2, 0) is 19.1 Å². The topological polar surface area (TPSA) is 152 Å². The first-order valence-corrected chi connectivity index (χ1v) is 9.58. The Bertz CT molecular complexity index is 667. The molecule has 2 heterocycles. The van der Waals surface area contributed by atoms with Crippen LogP contribution in [0, 0.1) is 5.41 Å². The number of aliphatic carboxylic acids is 1. The zero-order chi connectivity index (χ0) is 21.4. The third kappa shape index (κ3) is 7.02. The van der Waals surface area contributed by atoms with Crippen LogP contribution in [0.3, 0.4) is 0 Å². The molecule has 162 valence electrons. The van der Waals surface area contributed by atoms with E-state index in [0.29, 0.717) is 39.3 Å². The number of methoxy groups -OCH3 is 1. The number of piperazine rings is 1. The number of hydrogen-bond acceptors (Lipinski definition) is 7. The minimum absolute atomic E-state index is 0.0339. The molecule has 0 aromatic rings. The number of rotatable bonds is 9. The molecule has 5 N–H and O–H groups in total. The molecule has 1 amide bonds. The van der Waals surface area contributed by atoms with Crippen LogP contribution in [0.2, 0.25) is 0 Å². The number of nitrogens with zero attached hydrogens (tertiary/aromatic N) is 3. The van der Waals surface area contributed by atoms with Gasteiger partial charge in [0, 0.05) is 32.7 Å². The van der Waals surface area contributed by atoms with E-state index in [1.807, 2.05) is 6.08 Å². The van der Waals surface area contributed by atoms with E-state index in [-0.39, 0.29) is 31.4 Å². The normalized spacial score (nSPS) is 19.8. The second-order valence-corrected chi connectivity index (χ2v) is 7.20. The van der Waals surface area contributed by atoms with Gasteiger partial charge < -0.3 is 30.7 Å². The Hall–Kier alpha value is -2.66. The van der Waals surface area contributed by atoms with Crippen molar-refractivity contribution >= 4 is 23.8 Å². The van der Waals surface area contributed by atoms with Gasteiger partial charge >= 0.3 is 11.9 Å². The molecular formula is C18H30N6O5. The lowest BCUT2D eigenvalue weighted by atomic mass is 10.1. The van der Waals surface area contributed by atoms with Crippen molar-refractivity contribution in [3.8, 4) is 0 Å². The maximum atomic E-state index is 12.7. The summed E-state index contributed by atoms with van der Waals surface area (Å²) in [5.74, 6) is -1.44. The highest BCUT2D eigenvalue weighted by atomic mass is 16.5. The molecule has 0 saturated carbocycles. The Kier molecular flexibility index (Phi) is 8.40. The monoisotopic (exact) mass is 410 g/mol. The summed E-state index contributed by atoms with van der Waals surface area (Å²) in [7, 11) is 1.29. The number of ether oxygens (including phenoxy) is 1. The van der Waals surface area contributed by atoms with Crippen LogP contribution in [0.5, 0.6) is 0 Å². The summed E-state index contributed by atoms with van der Waals surface area (Å²) in [4.78, 5) is 40.4. The second kappa shape index (κ2) is 10.8. The molecule has 1 atom stereocenters. The van der Waals surface area contributed by atoms with E-state index in [9.17, 15) is 14.4 Å². The standard InChI is InChI=1S/C18H30N6O5/c1-29-17(28)8-14-11-22(12-16(26)27)6-7-24(14)15(25)9-21-4-2-13-3-5-23(10-13)18(19)20/h3,14,21H,2,4-12H2,1H3,(H3,19,20)(H,26,27). The van der Waals surface area contributed by atoms with Gasteiger partial charge in [-0.1, -0.05) is 11.6 Å². The average Bonchev–Trinajstić information content (AvgIpc) is 3.14. The van der Waals surface area contributed by atoms with E-state index in [0.717, 1.165) is 6.42 Å². The summed E-state index contributed by atoms with van der Waals surface area (Å²) in [5.41, 5.74) is 6.64. The molecule has 0 radical (unpaired) electrons. The van der Waals surface area contributed by atoms with Crippen molar-refractivity contribution in [2.75, 3.05) is 59.5 Å². The number of guanidine groups is 1. The quantitative estimate of drug-likeness (QED) is 0.114. The van der Waals surface area contributed by atoms with Crippen LogP contribution in [0.1, 0.15) is 12.8 Å². The number of nitrogens with one attached hydrogen (secondary N) is 2. The van der Waals surface area contributed by atoms with E-state index in [2.05, 4.69) is 5.32 Å². The van der Waals surface area contributed by atoms with Crippen molar-refractivity contribution in [1.82, 2.24) is 20.0 Å². The van der Waals surface area contributed by atoms with Gasteiger partial charge in [0.25, 0.3) is 0 Å². The number of nitrogens with two attached hydrogens (primary N) is 1. The van der Waals surface area contributed by atoms with Crippen LogP contribution in [0.25, 0.3) is 0 Å². The number of hydrogen-bond donors (Lipinski definition) is 4.